The van der Waals surface area contributed by atoms with Crippen LogP contribution in [0.5, 0.6) is 0 Å². The number of hydrogen-bond acceptors (Lipinski definition) is 7. The third kappa shape index (κ3) is 4.87. The second-order valence-electron chi connectivity index (χ2n) is 5.37. The topological polar surface area (TPSA) is 85.9 Å². The summed E-state index contributed by atoms with van der Waals surface area (Å²) in [5, 5.41) is 0. The highest BCUT2D eigenvalue weighted by molar-refractivity contribution is 5.78. The van der Waals surface area contributed by atoms with Crippen LogP contribution in [0, 0.1) is 0 Å². The van der Waals surface area contributed by atoms with Crippen LogP contribution >= 0.6 is 0 Å². The smallest absolute Gasteiger partial charge is 0.352 e. The first-order chi connectivity index (χ1) is 12.2. The predicted octanol–water partition coefficient (Wildman–Crippen LogP) is 1.25. The van der Waals surface area contributed by atoms with Crippen molar-refractivity contribution in [3.63, 3.8) is 0 Å². The zero-order valence-corrected chi connectivity index (χ0v) is 13.4. The van der Waals surface area contributed by atoms with Crippen molar-refractivity contribution in [2.75, 3.05) is 0 Å². The number of hydrazine groups is 1. The minimum atomic E-state index is -1.07. The van der Waals surface area contributed by atoms with Crippen LogP contribution in [-0.2, 0) is 37.0 Å². The highest BCUT2D eigenvalue weighted by atomic mass is 16.6. The van der Waals surface area contributed by atoms with Crippen LogP contribution in [0.25, 0.3) is 0 Å². The summed E-state index contributed by atoms with van der Waals surface area (Å²) in [6, 6.07) is 18.6. The SMILES string of the molecule is O=C(OCc1ccccc1)C1NNC(C(=O)OCc2ccccc2)O1. The van der Waals surface area contributed by atoms with Gasteiger partial charge in [-0.2, -0.15) is 0 Å². The summed E-state index contributed by atoms with van der Waals surface area (Å²) in [6.45, 7) is 0.259. The van der Waals surface area contributed by atoms with E-state index in [0.29, 0.717) is 0 Å². The number of esters is 2. The van der Waals surface area contributed by atoms with Crippen LogP contribution in [0.4, 0.5) is 0 Å². The van der Waals surface area contributed by atoms with E-state index in [1.165, 1.54) is 0 Å². The standard InChI is InChI=1S/C18H18N2O5/c21-17(23-11-13-7-3-1-4-8-13)15-19-20-16(25-15)18(22)24-12-14-9-5-2-6-10-14/h1-10,15-16,19-20H,11-12H2. The van der Waals surface area contributed by atoms with Crippen molar-refractivity contribution in [2.24, 2.45) is 0 Å². The largest absolute Gasteiger partial charge is 0.458 e. The molecule has 1 heterocycles. The molecule has 7 nitrogen and oxygen atoms in total. The molecule has 1 saturated heterocycles. The third-order valence-corrected chi connectivity index (χ3v) is 3.49. The van der Waals surface area contributed by atoms with E-state index in [-0.39, 0.29) is 13.2 Å². The van der Waals surface area contributed by atoms with E-state index >= 15 is 0 Å². The number of ether oxygens (including phenoxy) is 3. The quantitative estimate of drug-likeness (QED) is 0.764. The van der Waals surface area contributed by atoms with Crippen LogP contribution in [-0.4, -0.2) is 24.4 Å². The Balaban J connectivity index is 1.43. The summed E-state index contributed by atoms with van der Waals surface area (Å²) in [6.07, 6.45) is -2.14. The van der Waals surface area contributed by atoms with Crippen molar-refractivity contribution < 1.29 is 23.8 Å². The summed E-state index contributed by atoms with van der Waals surface area (Å²) in [7, 11) is 0. The van der Waals surface area contributed by atoms with Gasteiger partial charge >= 0.3 is 11.9 Å². The lowest BCUT2D eigenvalue weighted by Gasteiger charge is -2.11. The first kappa shape index (κ1) is 17.1. The Labute approximate surface area is 144 Å². The molecule has 7 heteroatoms. The lowest BCUT2D eigenvalue weighted by atomic mass is 10.2. The molecule has 1 fully saturated rings. The fourth-order valence-corrected chi connectivity index (χ4v) is 2.19. The molecule has 0 radical (unpaired) electrons. The Kier molecular flexibility index (Phi) is 5.73. The van der Waals surface area contributed by atoms with Crippen molar-refractivity contribution in [3.8, 4) is 0 Å². The summed E-state index contributed by atoms with van der Waals surface area (Å²) in [5.41, 5.74) is 6.87. The number of nitrogens with one attached hydrogen (secondary N) is 2. The van der Waals surface area contributed by atoms with Crippen molar-refractivity contribution in [1.82, 2.24) is 10.9 Å². The maximum atomic E-state index is 12.0. The molecule has 2 aromatic carbocycles. The first-order valence-electron chi connectivity index (χ1n) is 7.80. The van der Waals surface area contributed by atoms with E-state index in [2.05, 4.69) is 10.9 Å². The van der Waals surface area contributed by atoms with E-state index in [1.54, 1.807) is 0 Å². The summed E-state index contributed by atoms with van der Waals surface area (Å²) in [4.78, 5) is 23.9. The van der Waals surface area contributed by atoms with Gasteiger partial charge < -0.3 is 14.2 Å². The molecule has 0 saturated carbocycles. The molecule has 0 spiro atoms. The van der Waals surface area contributed by atoms with Crippen LogP contribution in [0.15, 0.2) is 60.7 Å². The maximum absolute atomic E-state index is 12.0. The van der Waals surface area contributed by atoms with Gasteiger partial charge in [-0.15, -0.1) is 0 Å². The van der Waals surface area contributed by atoms with Gasteiger partial charge in [-0.1, -0.05) is 60.7 Å². The van der Waals surface area contributed by atoms with Gasteiger partial charge in [0.1, 0.15) is 13.2 Å². The van der Waals surface area contributed by atoms with E-state index in [1.807, 2.05) is 60.7 Å². The second kappa shape index (κ2) is 8.39. The number of carbonyl (C=O) groups is 2. The molecule has 1 aliphatic rings. The Morgan fingerprint density at radius 2 is 1.16 bits per heavy atom. The van der Waals surface area contributed by atoms with Gasteiger partial charge in [0, 0.05) is 0 Å². The van der Waals surface area contributed by atoms with Crippen molar-refractivity contribution in [1.29, 1.82) is 0 Å². The second-order valence-corrected chi connectivity index (χ2v) is 5.37. The molecule has 25 heavy (non-hydrogen) atoms. The lowest BCUT2D eigenvalue weighted by molar-refractivity contribution is -0.167. The molecule has 2 unspecified atom stereocenters. The van der Waals surface area contributed by atoms with Crippen LogP contribution in [0.1, 0.15) is 11.1 Å². The van der Waals surface area contributed by atoms with Crippen molar-refractivity contribution in [2.45, 2.75) is 25.7 Å². The fourth-order valence-electron chi connectivity index (χ4n) is 2.19. The van der Waals surface area contributed by atoms with Gasteiger partial charge in [0.25, 0.3) is 0 Å². The van der Waals surface area contributed by atoms with Crippen molar-refractivity contribution in [3.05, 3.63) is 71.8 Å². The zero-order chi connectivity index (χ0) is 17.5. The maximum Gasteiger partial charge on any atom is 0.352 e. The van der Waals surface area contributed by atoms with Crippen LogP contribution < -0.4 is 10.9 Å². The molecule has 0 aliphatic carbocycles. The van der Waals surface area contributed by atoms with E-state index in [0.717, 1.165) is 11.1 Å². The summed E-state index contributed by atoms with van der Waals surface area (Å²) in [5.74, 6) is -1.23. The van der Waals surface area contributed by atoms with E-state index in [9.17, 15) is 9.59 Å². The fraction of sp³-hybridized carbons (Fsp3) is 0.222. The first-order valence-corrected chi connectivity index (χ1v) is 7.80. The Hall–Kier alpha value is -2.74. The van der Waals surface area contributed by atoms with Crippen molar-refractivity contribution >= 4 is 11.9 Å². The highest BCUT2D eigenvalue weighted by Crippen LogP contribution is 2.09. The molecule has 2 aromatic rings. The number of benzene rings is 2. The molecule has 2 atom stereocenters. The molecule has 1 aliphatic heterocycles. The minimum Gasteiger partial charge on any atom is -0.458 e. The van der Waals surface area contributed by atoms with E-state index in [4.69, 9.17) is 14.2 Å². The molecule has 130 valence electrons. The summed E-state index contributed by atoms with van der Waals surface area (Å²) >= 11 is 0. The molecular weight excluding hydrogens is 324 g/mol. The van der Waals surface area contributed by atoms with Gasteiger partial charge in [-0.05, 0) is 11.1 Å². The number of rotatable bonds is 6. The average molecular weight is 342 g/mol. The number of hydrogen-bond donors (Lipinski definition) is 2. The van der Waals surface area contributed by atoms with Gasteiger partial charge in [-0.25, -0.2) is 20.4 Å². The summed E-state index contributed by atoms with van der Waals surface area (Å²) < 4.78 is 15.6. The zero-order valence-electron chi connectivity index (χ0n) is 13.4. The predicted molar refractivity (Wildman–Crippen MR) is 87.4 cm³/mol. The third-order valence-electron chi connectivity index (χ3n) is 3.49. The molecule has 3 rings (SSSR count). The van der Waals surface area contributed by atoms with Gasteiger partial charge in [-0.3, -0.25) is 0 Å². The minimum absolute atomic E-state index is 0.129. The monoisotopic (exact) mass is 342 g/mol. The molecular formula is C18H18N2O5. The lowest BCUT2D eigenvalue weighted by Crippen LogP contribution is -2.40. The van der Waals surface area contributed by atoms with Gasteiger partial charge in [0.2, 0.25) is 12.5 Å². The van der Waals surface area contributed by atoms with Gasteiger partial charge in [0.05, 0.1) is 0 Å². The van der Waals surface area contributed by atoms with Crippen LogP contribution in [0.2, 0.25) is 0 Å². The van der Waals surface area contributed by atoms with Crippen LogP contribution in [0.3, 0.4) is 0 Å². The van der Waals surface area contributed by atoms with Gasteiger partial charge in [0.15, 0.2) is 0 Å². The number of carbonyl (C=O) groups excluding carboxylic acids is 2. The van der Waals surface area contributed by atoms with E-state index < -0.39 is 24.4 Å². The molecule has 0 amide bonds. The molecule has 0 aromatic heterocycles. The average Bonchev–Trinajstić information content (AvgIpc) is 3.16. The molecule has 0 bridgehead atoms. The Morgan fingerprint density at radius 1 is 0.760 bits per heavy atom. The normalized spacial score (nSPS) is 19.4. The highest BCUT2D eigenvalue weighted by Gasteiger charge is 2.36. The molecule has 2 N–H and O–H groups in total. The Morgan fingerprint density at radius 3 is 1.56 bits per heavy atom. The Bertz CT molecular complexity index is 646.